The van der Waals surface area contributed by atoms with E-state index in [1.54, 1.807) is 38.1 Å². The lowest BCUT2D eigenvalue weighted by Crippen LogP contribution is -2.54. The van der Waals surface area contributed by atoms with E-state index in [1.807, 2.05) is 13.8 Å². The zero-order chi connectivity index (χ0) is 31.9. The van der Waals surface area contributed by atoms with Crippen LogP contribution in [0.4, 0.5) is 23.1 Å². The zero-order valence-electron chi connectivity index (χ0n) is 26.8. The summed E-state index contributed by atoms with van der Waals surface area (Å²) in [6.07, 6.45) is 4.68. The molecule has 1 aliphatic heterocycles. The minimum atomic E-state index is -3.54. The van der Waals surface area contributed by atoms with E-state index in [9.17, 15) is 8.42 Å². The van der Waals surface area contributed by atoms with Crippen LogP contribution in [0.2, 0.25) is 5.02 Å². The molecule has 1 aromatic heterocycles. The molecule has 0 amide bonds. The van der Waals surface area contributed by atoms with Gasteiger partial charge in [-0.1, -0.05) is 29.8 Å². The van der Waals surface area contributed by atoms with Gasteiger partial charge in [0.25, 0.3) is 0 Å². The van der Waals surface area contributed by atoms with Gasteiger partial charge in [0.05, 0.1) is 33.8 Å². The fourth-order valence-electron chi connectivity index (χ4n) is 5.43. The van der Waals surface area contributed by atoms with Gasteiger partial charge in [-0.05, 0) is 117 Å². The van der Waals surface area contributed by atoms with Crippen LogP contribution in [-0.2, 0) is 9.84 Å². The summed E-state index contributed by atoms with van der Waals surface area (Å²) in [7, 11) is -1.36. The van der Waals surface area contributed by atoms with Crippen LogP contribution < -0.4 is 15.4 Å². The van der Waals surface area contributed by atoms with Gasteiger partial charge in [-0.2, -0.15) is 4.98 Å². The highest BCUT2D eigenvalue weighted by Crippen LogP contribution is 2.43. The Kier molecular flexibility index (Phi) is 9.22. The summed E-state index contributed by atoms with van der Waals surface area (Å²) in [6, 6.07) is 10.9. The Labute approximate surface area is 261 Å². The molecule has 10 heteroatoms. The number of ether oxygens (including phenoxy) is 1. The molecule has 0 fully saturated rings. The molecule has 2 N–H and O–H groups in total. The molecule has 0 bridgehead atoms. The van der Waals surface area contributed by atoms with Gasteiger partial charge in [-0.15, -0.1) is 0 Å². The number of nitrogens with one attached hydrogen (secondary N) is 2. The van der Waals surface area contributed by atoms with Gasteiger partial charge in [0.15, 0.2) is 15.7 Å². The van der Waals surface area contributed by atoms with Gasteiger partial charge < -0.3 is 15.4 Å². The van der Waals surface area contributed by atoms with Crippen LogP contribution in [0.1, 0.15) is 72.9 Å². The van der Waals surface area contributed by atoms with Gasteiger partial charge in [0.1, 0.15) is 10.8 Å². The van der Waals surface area contributed by atoms with Crippen molar-refractivity contribution in [1.82, 2.24) is 14.9 Å². The van der Waals surface area contributed by atoms with Crippen LogP contribution in [0, 0.1) is 6.92 Å². The first-order valence-electron chi connectivity index (χ1n) is 14.6. The van der Waals surface area contributed by atoms with Gasteiger partial charge in [-0.3, -0.25) is 4.90 Å². The minimum absolute atomic E-state index is 0.0102. The second-order valence-electron chi connectivity index (χ2n) is 12.9. The fraction of sp³-hybridized carbons (Fsp3) is 0.455. The van der Waals surface area contributed by atoms with Crippen LogP contribution in [-0.4, -0.2) is 52.8 Å². The molecule has 43 heavy (non-hydrogen) atoms. The van der Waals surface area contributed by atoms with Crippen molar-refractivity contribution in [2.24, 2.45) is 0 Å². The number of sulfone groups is 1. The van der Waals surface area contributed by atoms with E-state index in [2.05, 4.69) is 85.4 Å². The normalized spacial score (nSPS) is 16.7. The molecule has 0 spiro atoms. The summed E-state index contributed by atoms with van der Waals surface area (Å²) in [5, 5.41) is 6.10. The van der Waals surface area contributed by atoms with Crippen molar-refractivity contribution in [3.8, 4) is 5.75 Å². The molecule has 0 aliphatic carbocycles. The monoisotopic (exact) mass is 625 g/mol. The number of halogens is 1. The van der Waals surface area contributed by atoms with Crippen LogP contribution in [0.3, 0.4) is 0 Å². The molecule has 0 saturated carbocycles. The summed E-state index contributed by atoms with van der Waals surface area (Å²) >= 11 is 6.47. The molecule has 2 aromatic carbocycles. The van der Waals surface area contributed by atoms with Crippen molar-refractivity contribution in [3.63, 3.8) is 0 Å². The first-order valence-corrected chi connectivity index (χ1v) is 16.5. The van der Waals surface area contributed by atoms with E-state index in [-0.39, 0.29) is 38.9 Å². The van der Waals surface area contributed by atoms with Gasteiger partial charge >= 0.3 is 0 Å². The van der Waals surface area contributed by atoms with Gasteiger partial charge in [0, 0.05) is 11.1 Å². The molecule has 1 aliphatic rings. The molecule has 0 saturated heterocycles. The quantitative estimate of drug-likeness (QED) is 0.246. The Morgan fingerprint density at radius 1 is 1.02 bits per heavy atom. The molecule has 0 atom stereocenters. The number of hydrogen-bond donors (Lipinski definition) is 2. The van der Waals surface area contributed by atoms with Crippen molar-refractivity contribution in [2.75, 3.05) is 17.7 Å². The molecule has 0 radical (unpaired) electrons. The van der Waals surface area contributed by atoms with E-state index < -0.39 is 15.1 Å². The predicted octanol–water partition coefficient (Wildman–Crippen LogP) is 8.17. The second kappa shape index (κ2) is 12.1. The third-order valence-electron chi connectivity index (χ3n) is 8.02. The molecular formula is C33H44ClN5O3S. The molecule has 232 valence electrons. The zero-order valence-corrected chi connectivity index (χ0v) is 28.4. The molecule has 2 heterocycles. The van der Waals surface area contributed by atoms with Gasteiger partial charge in [0.2, 0.25) is 5.95 Å². The number of aryl methyl sites for hydroxylation is 1. The van der Waals surface area contributed by atoms with Crippen LogP contribution in [0.15, 0.2) is 53.6 Å². The van der Waals surface area contributed by atoms with E-state index in [1.165, 1.54) is 11.8 Å². The van der Waals surface area contributed by atoms with E-state index in [0.717, 1.165) is 23.2 Å². The Hall–Kier alpha value is -3.14. The topological polar surface area (TPSA) is 96.5 Å². The summed E-state index contributed by atoms with van der Waals surface area (Å²) in [5.74, 6) is 1.26. The number of aromatic nitrogens is 2. The summed E-state index contributed by atoms with van der Waals surface area (Å²) in [5.41, 5.74) is 4.53. The number of para-hydroxylation sites is 1. The summed E-state index contributed by atoms with van der Waals surface area (Å²) in [4.78, 5) is 11.6. The Morgan fingerprint density at radius 2 is 1.70 bits per heavy atom. The van der Waals surface area contributed by atoms with Crippen molar-refractivity contribution in [3.05, 3.63) is 64.8 Å². The number of nitrogens with zero attached hydrogens (tertiary/aromatic N) is 3. The van der Waals surface area contributed by atoms with Crippen molar-refractivity contribution < 1.29 is 13.2 Å². The average molecular weight is 626 g/mol. The highest BCUT2D eigenvalue weighted by Gasteiger charge is 2.39. The van der Waals surface area contributed by atoms with Crippen molar-refractivity contribution in [2.45, 2.75) is 96.1 Å². The van der Waals surface area contributed by atoms with Crippen LogP contribution in [0.5, 0.6) is 5.75 Å². The van der Waals surface area contributed by atoms with E-state index >= 15 is 0 Å². The third kappa shape index (κ3) is 7.00. The Bertz CT molecular complexity index is 1650. The van der Waals surface area contributed by atoms with Crippen LogP contribution in [0.25, 0.3) is 5.57 Å². The second-order valence-corrected chi connectivity index (χ2v) is 15.8. The number of benzene rings is 2. The Morgan fingerprint density at radius 3 is 2.33 bits per heavy atom. The SMILES string of the molecule is Cc1cc(Nc2ncc(Cl)c(Nc3ccccc3S(=O)(=O)C(C)C)n2)c(OC(C)C)cc1C1=CC(C)(C)N(C)C(C)(C)C1. The minimum Gasteiger partial charge on any atom is -0.489 e. The maximum Gasteiger partial charge on any atom is 0.229 e. The average Bonchev–Trinajstić information content (AvgIpc) is 2.90. The van der Waals surface area contributed by atoms with E-state index in [4.69, 9.17) is 16.3 Å². The highest BCUT2D eigenvalue weighted by molar-refractivity contribution is 7.92. The van der Waals surface area contributed by atoms with Crippen molar-refractivity contribution >= 4 is 50.2 Å². The lowest BCUT2D eigenvalue weighted by Gasteiger charge is -2.49. The molecule has 8 nitrogen and oxygen atoms in total. The first kappa shape index (κ1) is 32.8. The largest absolute Gasteiger partial charge is 0.489 e. The number of likely N-dealkylation sites (N-methyl/N-ethyl adjacent to an activating group) is 1. The molecule has 4 rings (SSSR count). The molecule has 0 unspecified atom stereocenters. The number of anilines is 4. The summed E-state index contributed by atoms with van der Waals surface area (Å²) < 4.78 is 32.3. The standard InChI is InChI=1S/C33H44ClN5O3S/c1-20(2)42-28-16-24(23-17-32(6,7)39(10)33(8,9)18-23)22(5)15-27(28)37-31-35-19-25(34)30(38-31)36-26-13-11-12-14-29(26)43(40,41)21(3)4/h11-17,19-21H,18H2,1-10H3,(H2,35,36,37,38). The first-order chi connectivity index (χ1) is 19.9. The van der Waals surface area contributed by atoms with Gasteiger partial charge in [-0.25, -0.2) is 13.4 Å². The number of hydrogen-bond acceptors (Lipinski definition) is 8. The van der Waals surface area contributed by atoms with E-state index in [0.29, 0.717) is 11.4 Å². The summed E-state index contributed by atoms with van der Waals surface area (Å²) in [6.45, 7) is 18.4. The maximum atomic E-state index is 13.0. The maximum absolute atomic E-state index is 13.0. The number of rotatable bonds is 9. The van der Waals surface area contributed by atoms with Crippen molar-refractivity contribution in [1.29, 1.82) is 0 Å². The lowest BCUT2D eigenvalue weighted by molar-refractivity contribution is 0.0697. The predicted molar refractivity (Wildman–Crippen MR) is 178 cm³/mol. The third-order valence-corrected chi connectivity index (χ3v) is 10.5. The van der Waals surface area contributed by atoms with Crippen LogP contribution >= 0.6 is 11.6 Å². The fourth-order valence-corrected chi connectivity index (χ4v) is 6.77. The Balaban J connectivity index is 1.72. The molecule has 3 aromatic rings. The highest BCUT2D eigenvalue weighted by atomic mass is 35.5. The smallest absolute Gasteiger partial charge is 0.229 e. The lowest BCUT2D eigenvalue weighted by atomic mass is 9.78. The molecular weight excluding hydrogens is 582 g/mol.